The summed E-state index contributed by atoms with van der Waals surface area (Å²) in [6.07, 6.45) is -0.144. The number of amides is 4. The Hall–Kier alpha value is -2.07. The van der Waals surface area contributed by atoms with E-state index in [2.05, 4.69) is 5.32 Å². The fourth-order valence-electron chi connectivity index (χ4n) is 4.08. The highest BCUT2D eigenvalue weighted by Gasteiger charge is 2.39. The molecule has 182 valence electrons. The molecule has 33 heavy (non-hydrogen) atoms. The fourth-order valence-corrected chi connectivity index (χ4v) is 4.37. The Bertz CT molecular complexity index is 917. The van der Waals surface area contributed by atoms with Crippen molar-refractivity contribution in [2.24, 2.45) is 5.41 Å². The molecule has 3 atom stereocenters. The standard InChI is InChI=1S/C22H30Cl2N4O5/c1-14-20(32)26(7-5-19(31)27-8-6-22(2,13-29)18(30)12-27)9-10-28(14)21(33)25-15-3-4-16(23)17(24)11-15/h3-4,11,14,18,29-30H,5-10,12-13H2,1-2H3,(H,25,33). The van der Waals surface area contributed by atoms with E-state index < -0.39 is 23.6 Å². The summed E-state index contributed by atoms with van der Waals surface area (Å²) < 4.78 is 0. The van der Waals surface area contributed by atoms with E-state index in [1.165, 1.54) is 11.0 Å². The number of aliphatic hydroxyl groups excluding tert-OH is 2. The zero-order valence-electron chi connectivity index (χ0n) is 18.8. The minimum Gasteiger partial charge on any atom is -0.396 e. The van der Waals surface area contributed by atoms with Crippen LogP contribution in [0.3, 0.4) is 0 Å². The Balaban J connectivity index is 1.50. The van der Waals surface area contributed by atoms with Gasteiger partial charge in [-0.3, -0.25) is 9.59 Å². The SMILES string of the molecule is CC1C(=O)N(CCC(=O)N2CCC(C)(CO)C(O)C2)CCN1C(=O)Nc1ccc(Cl)c(Cl)c1. The van der Waals surface area contributed by atoms with Crippen molar-refractivity contribution in [2.75, 3.05) is 44.6 Å². The number of carbonyl (C=O) groups is 3. The third-order valence-corrected chi connectivity index (χ3v) is 7.38. The van der Waals surface area contributed by atoms with E-state index in [1.807, 2.05) is 0 Å². The van der Waals surface area contributed by atoms with Crippen LogP contribution in [-0.2, 0) is 9.59 Å². The van der Waals surface area contributed by atoms with Gasteiger partial charge < -0.3 is 30.2 Å². The number of carbonyl (C=O) groups excluding carboxylic acids is 3. The molecule has 3 rings (SSSR count). The van der Waals surface area contributed by atoms with Gasteiger partial charge in [0.05, 0.1) is 22.8 Å². The molecule has 4 amide bonds. The summed E-state index contributed by atoms with van der Waals surface area (Å²) >= 11 is 11.9. The quantitative estimate of drug-likeness (QED) is 0.572. The molecule has 1 aromatic rings. The number of β-amino-alcohol motifs (C(OH)–C–C–N with tert-alkyl or cyclic N) is 1. The van der Waals surface area contributed by atoms with Gasteiger partial charge in [-0.2, -0.15) is 0 Å². The molecule has 2 heterocycles. The number of piperidine rings is 1. The molecule has 0 saturated carbocycles. The van der Waals surface area contributed by atoms with Crippen molar-refractivity contribution in [3.05, 3.63) is 28.2 Å². The van der Waals surface area contributed by atoms with Gasteiger partial charge in [0.1, 0.15) is 6.04 Å². The number of halogens is 2. The van der Waals surface area contributed by atoms with Crippen molar-refractivity contribution >= 4 is 46.7 Å². The zero-order valence-corrected chi connectivity index (χ0v) is 20.3. The van der Waals surface area contributed by atoms with Crippen LogP contribution in [-0.4, -0.2) is 94.2 Å². The van der Waals surface area contributed by atoms with Gasteiger partial charge in [0.2, 0.25) is 11.8 Å². The Labute approximate surface area is 203 Å². The lowest BCUT2D eigenvalue weighted by molar-refractivity contribution is -0.143. The highest BCUT2D eigenvalue weighted by Crippen LogP contribution is 2.31. The molecule has 1 aromatic carbocycles. The Morgan fingerprint density at radius 3 is 2.58 bits per heavy atom. The van der Waals surface area contributed by atoms with Gasteiger partial charge in [-0.25, -0.2) is 4.79 Å². The molecule has 0 aliphatic carbocycles. The first-order valence-corrected chi connectivity index (χ1v) is 11.7. The third kappa shape index (κ3) is 5.71. The molecule has 2 fully saturated rings. The minimum atomic E-state index is -0.792. The first kappa shape index (κ1) is 25.6. The molecule has 3 N–H and O–H groups in total. The van der Waals surface area contributed by atoms with Gasteiger partial charge in [0, 0.05) is 50.2 Å². The molecular formula is C22H30Cl2N4O5. The van der Waals surface area contributed by atoms with Crippen molar-refractivity contribution in [3.63, 3.8) is 0 Å². The number of urea groups is 1. The number of nitrogens with one attached hydrogen (secondary N) is 1. The van der Waals surface area contributed by atoms with Crippen LogP contribution in [0.2, 0.25) is 10.0 Å². The first-order chi connectivity index (χ1) is 15.6. The minimum absolute atomic E-state index is 0.133. The number of anilines is 1. The lowest BCUT2D eigenvalue weighted by Gasteiger charge is -2.43. The van der Waals surface area contributed by atoms with Crippen molar-refractivity contribution in [1.82, 2.24) is 14.7 Å². The summed E-state index contributed by atoms with van der Waals surface area (Å²) in [6, 6.07) is 3.64. The maximum Gasteiger partial charge on any atom is 0.322 e. The van der Waals surface area contributed by atoms with Crippen LogP contribution in [0.5, 0.6) is 0 Å². The largest absolute Gasteiger partial charge is 0.396 e. The maximum atomic E-state index is 12.8. The van der Waals surface area contributed by atoms with Crippen molar-refractivity contribution < 1.29 is 24.6 Å². The molecule has 3 unspecified atom stereocenters. The Morgan fingerprint density at radius 1 is 1.21 bits per heavy atom. The van der Waals surface area contributed by atoms with Crippen LogP contribution in [0.25, 0.3) is 0 Å². The molecule has 0 bridgehead atoms. The van der Waals surface area contributed by atoms with Crippen LogP contribution in [0, 0.1) is 5.41 Å². The van der Waals surface area contributed by atoms with E-state index >= 15 is 0 Å². The second-order valence-corrected chi connectivity index (χ2v) is 9.74. The summed E-state index contributed by atoms with van der Waals surface area (Å²) in [6.45, 7) is 4.84. The van der Waals surface area contributed by atoms with Crippen molar-refractivity contribution in [1.29, 1.82) is 0 Å². The number of likely N-dealkylation sites (tertiary alicyclic amines) is 1. The van der Waals surface area contributed by atoms with E-state index in [0.717, 1.165) is 0 Å². The average Bonchev–Trinajstić information content (AvgIpc) is 2.78. The normalized spacial score (nSPS) is 25.9. The van der Waals surface area contributed by atoms with Gasteiger partial charge in [0.15, 0.2) is 0 Å². The highest BCUT2D eigenvalue weighted by atomic mass is 35.5. The summed E-state index contributed by atoms with van der Waals surface area (Å²) in [5.74, 6) is -0.376. The fraction of sp³-hybridized carbons (Fsp3) is 0.591. The average molecular weight is 501 g/mol. The number of aliphatic hydroxyl groups is 2. The summed E-state index contributed by atoms with van der Waals surface area (Å²) in [7, 11) is 0. The molecule has 9 nitrogen and oxygen atoms in total. The molecule has 2 aliphatic rings. The Morgan fingerprint density at radius 2 is 1.94 bits per heavy atom. The van der Waals surface area contributed by atoms with E-state index in [4.69, 9.17) is 23.2 Å². The molecule has 0 spiro atoms. The zero-order chi connectivity index (χ0) is 24.3. The number of piperazine rings is 1. The summed E-state index contributed by atoms with van der Waals surface area (Å²) in [5.41, 5.74) is -0.126. The molecule has 0 aromatic heterocycles. The van der Waals surface area contributed by atoms with Crippen LogP contribution >= 0.6 is 23.2 Å². The molecular weight excluding hydrogens is 471 g/mol. The molecule has 2 aliphatic heterocycles. The number of hydrogen-bond donors (Lipinski definition) is 3. The smallest absolute Gasteiger partial charge is 0.322 e. The van der Waals surface area contributed by atoms with Crippen LogP contribution in [0.1, 0.15) is 26.7 Å². The van der Waals surface area contributed by atoms with E-state index in [1.54, 1.807) is 35.8 Å². The lowest BCUT2D eigenvalue weighted by atomic mass is 9.78. The van der Waals surface area contributed by atoms with Gasteiger partial charge in [-0.15, -0.1) is 0 Å². The van der Waals surface area contributed by atoms with Gasteiger partial charge in [0.25, 0.3) is 0 Å². The maximum absolute atomic E-state index is 12.8. The van der Waals surface area contributed by atoms with Crippen molar-refractivity contribution in [3.8, 4) is 0 Å². The number of rotatable bonds is 5. The van der Waals surface area contributed by atoms with Crippen molar-refractivity contribution in [2.45, 2.75) is 38.8 Å². The van der Waals surface area contributed by atoms with E-state index in [9.17, 15) is 24.6 Å². The van der Waals surface area contributed by atoms with Gasteiger partial charge in [-0.1, -0.05) is 30.1 Å². The number of benzene rings is 1. The monoisotopic (exact) mass is 500 g/mol. The second kappa shape index (κ2) is 10.5. The first-order valence-electron chi connectivity index (χ1n) is 10.9. The summed E-state index contributed by atoms with van der Waals surface area (Å²) in [4.78, 5) is 42.7. The molecule has 11 heteroatoms. The van der Waals surface area contributed by atoms with Crippen LogP contribution in [0.4, 0.5) is 10.5 Å². The van der Waals surface area contributed by atoms with Gasteiger partial charge >= 0.3 is 6.03 Å². The van der Waals surface area contributed by atoms with Crippen LogP contribution in [0.15, 0.2) is 18.2 Å². The predicted octanol–water partition coefficient (Wildman–Crippen LogP) is 2.04. The predicted molar refractivity (Wildman–Crippen MR) is 125 cm³/mol. The Kier molecular flexibility index (Phi) is 8.10. The lowest BCUT2D eigenvalue weighted by Crippen LogP contribution is -2.59. The highest BCUT2D eigenvalue weighted by molar-refractivity contribution is 6.42. The second-order valence-electron chi connectivity index (χ2n) is 8.92. The molecule has 0 radical (unpaired) electrons. The number of nitrogens with zero attached hydrogens (tertiary/aromatic N) is 3. The van der Waals surface area contributed by atoms with E-state index in [0.29, 0.717) is 41.8 Å². The van der Waals surface area contributed by atoms with Crippen LogP contribution < -0.4 is 5.32 Å². The third-order valence-electron chi connectivity index (χ3n) is 6.64. The number of hydrogen-bond acceptors (Lipinski definition) is 5. The topological polar surface area (TPSA) is 113 Å². The van der Waals surface area contributed by atoms with E-state index in [-0.39, 0.29) is 37.9 Å². The summed E-state index contributed by atoms with van der Waals surface area (Å²) in [5, 5.41) is 23.2. The molecule has 2 saturated heterocycles. The van der Waals surface area contributed by atoms with Gasteiger partial charge in [-0.05, 0) is 31.5 Å².